The van der Waals surface area contributed by atoms with Crippen LogP contribution >= 0.6 is 11.6 Å². The first-order valence-electron chi connectivity index (χ1n) is 7.21. The number of hydrogen-bond acceptors (Lipinski definition) is 3. The molecule has 0 saturated heterocycles. The van der Waals surface area contributed by atoms with Crippen molar-refractivity contribution in [1.29, 1.82) is 0 Å². The van der Waals surface area contributed by atoms with Crippen LogP contribution in [0, 0.1) is 0 Å². The topological polar surface area (TPSA) is 51.2 Å². The smallest absolute Gasteiger partial charge is 0.265 e. The summed E-state index contributed by atoms with van der Waals surface area (Å²) in [5.41, 5.74) is 1.40. The van der Waals surface area contributed by atoms with Crippen molar-refractivity contribution in [3.8, 4) is 5.75 Å². The maximum absolute atomic E-state index is 12.4. The Morgan fingerprint density at radius 3 is 2.74 bits per heavy atom. The number of anilines is 1. The van der Waals surface area contributed by atoms with E-state index in [1.165, 1.54) is 0 Å². The van der Waals surface area contributed by atoms with Crippen LogP contribution in [0.5, 0.6) is 5.75 Å². The molecular formula is C18H15ClN2O2. The number of carbonyl (C=O) groups excluding carboxylic acids is 1. The van der Waals surface area contributed by atoms with Crippen molar-refractivity contribution < 1.29 is 9.53 Å². The molecule has 0 aliphatic carbocycles. The lowest BCUT2D eigenvalue weighted by Crippen LogP contribution is -2.30. The molecule has 3 rings (SSSR count). The highest BCUT2D eigenvalue weighted by Gasteiger charge is 2.17. The fraction of sp³-hybridized carbons (Fsp3) is 0.111. The summed E-state index contributed by atoms with van der Waals surface area (Å²) in [7, 11) is 0. The molecule has 5 heteroatoms. The van der Waals surface area contributed by atoms with Crippen molar-refractivity contribution in [2.45, 2.75) is 13.0 Å². The van der Waals surface area contributed by atoms with Gasteiger partial charge in [0, 0.05) is 11.6 Å². The van der Waals surface area contributed by atoms with Crippen LogP contribution in [-0.2, 0) is 4.79 Å². The third-order valence-corrected chi connectivity index (χ3v) is 3.71. The first-order valence-corrected chi connectivity index (χ1v) is 7.59. The van der Waals surface area contributed by atoms with Gasteiger partial charge in [0.15, 0.2) is 6.10 Å². The molecule has 1 N–H and O–H groups in total. The molecule has 0 aliphatic heterocycles. The number of benzene rings is 2. The highest BCUT2D eigenvalue weighted by Crippen LogP contribution is 2.25. The van der Waals surface area contributed by atoms with Crippen molar-refractivity contribution in [3.63, 3.8) is 0 Å². The first-order chi connectivity index (χ1) is 11.1. The van der Waals surface area contributed by atoms with Gasteiger partial charge in [-0.05, 0) is 31.2 Å². The molecule has 0 unspecified atom stereocenters. The Hall–Kier alpha value is -2.59. The summed E-state index contributed by atoms with van der Waals surface area (Å²) in [5, 5.41) is 4.29. The summed E-state index contributed by atoms with van der Waals surface area (Å²) in [6, 6.07) is 16.5. The Morgan fingerprint density at radius 1 is 1.13 bits per heavy atom. The van der Waals surface area contributed by atoms with Gasteiger partial charge in [-0.1, -0.05) is 41.9 Å². The third-order valence-electron chi connectivity index (χ3n) is 3.40. The molecule has 0 radical (unpaired) electrons. The molecule has 1 aromatic heterocycles. The predicted molar refractivity (Wildman–Crippen MR) is 91.9 cm³/mol. The molecule has 1 atom stereocenters. The van der Waals surface area contributed by atoms with Crippen LogP contribution in [-0.4, -0.2) is 17.0 Å². The average Bonchev–Trinajstić information content (AvgIpc) is 2.57. The molecule has 0 bridgehead atoms. The first kappa shape index (κ1) is 15.3. The molecule has 1 heterocycles. The van der Waals surface area contributed by atoms with Gasteiger partial charge in [-0.25, -0.2) is 0 Å². The number of rotatable bonds is 4. The number of nitrogens with zero attached hydrogens (tertiary/aromatic N) is 1. The van der Waals surface area contributed by atoms with Gasteiger partial charge in [-0.2, -0.15) is 0 Å². The minimum Gasteiger partial charge on any atom is -0.479 e. The summed E-state index contributed by atoms with van der Waals surface area (Å²) in [6.45, 7) is 1.68. The van der Waals surface area contributed by atoms with Gasteiger partial charge >= 0.3 is 0 Å². The van der Waals surface area contributed by atoms with Gasteiger partial charge in [-0.15, -0.1) is 0 Å². The zero-order chi connectivity index (χ0) is 16.2. The Kier molecular flexibility index (Phi) is 4.44. The molecule has 2 aromatic carbocycles. The highest BCUT2D eigenvalue weighted by atomic mass is 35.5. The largest absolute Gasteiger partial charge is 0.479 e. The normalized spacial score (nSPS) is 11.9. The van der Waals surface area contributed by atoms with E-state index in [1.54, 1.807) is 31.3 Å². The van der Waals surface area contributed by atoms with Crippen LogP contribution in [0.15, 0.2) is 60.8 Å². The van der Waals surface area contributed by atoms with Crippen LogP contribution in [0.3, 0.4) is 0 Å². The summed E-state index contributed by atoms with van der Waals surface area (Å²) in [6.07, 6.45) is 1.01. The molecule has 0 aliphatic rings. The van der Waals surface area contributed by atoms with Crippen LogP contribution in [0.25, 0.3) is 10.9 Å². The molecule has 116 valence electrons. The van der Waals surface area contributed by atoms with Gasteiger partial charge in [-0.3, -0.25) is 9.78 Å². The Balaban J connectivity index is 1.77. The van der Waals surface area contributed by atoms with Gasteiger partial charge in [0.25, 0.3) is 5.91 Å². The van der Waals surface area contributed by atoms with Crippen molar-refractivity contribution in [2.24, 2.45) is 0 Å². The summed E-state index contributed by atoms with van der Waals surface area (Å²) < 4.78 is 5.63. The van der Waals surface area contributed by atoms with E-state index in [0.717, 1.165) is 10.9 Å². The van der Waals surface area contributed by atoms with E-state index < -0.39 is 6.10 Å². The maximum Gasteiger partial charge on any atom is 0.265 e. The van der Waals surface area contributed by atoms with Crippen LogP contribution < -0.4 is 10.1 Å². The maximum atomic E-state index is 12.4. The molecule has 0 fully saturated rings. The fourth-order valence-corrected chi connectivity index (χ4v) is 2.40. The SMILES string of the molecule is C[C@@H](Oc1ccccc1Cl)C(=O)Nc1cccc2cccnc12. The Morgan fingerprint density at radius 2 is 1.91 bits per heavy atom. The number of fused-ring (bicyclic) bond motifs is 1. The fourth-order valence-electron chi connectivity index (χ4n) is 2.22. The van der Waals surface area contributed by atoms with Crippen molar-refractivity contribution in [2.75, 3.05) is 5.32 Å². The zero-order valence-corrected chi connectivity index (χ0v) is 13.2. The second-order valence-electron chi connectivity index (χ2n) is 5.06. The summed E-state index contributed by atoms with van der Waals surface area (Å²) in [4.78, 5) is 16.7. The Labute approximate surface area is 139 Å². The van der Waals surface area contributed by atoms with Crippen molar-refractivity contribution in [3.05, 3.63) is 65.8 Å². The van der Waals surface area contributed by atoms with Gasteiger partial charge in [0.05, 0.1) is 16.2 Å². The second-order valence-corrected chi connectivity index (χ2v) is 5.47. The lowest BCUT2D eigenvalue weighted by molar-refractivity contribution is -0.122. The van der Waals surface area contributed by atoms with Crippen LogP contribution in [0.2, 0.25) is 5.02 Å². The number of amides is 1. The minimum atomic E-state index is -0.686. The number of pyridine rings is 1. The van der Waals surface area contributed by atoms with E-state index in [1.807, 2.05) is 36.4 Å². The summed E-state index contributed by atoms with van der Waals surface area (Å²) in [5.74, 6) is 0.218. The number of halogens is 1. The molecule has 3 aromatic rings. The molecule has 23 heavy (non-hydrogen) atoms. The van der Waals surface area contributed by atoms with Gasteiger partial charge < -0.3 is 10.1 Å². The lowest BCUT2D eigenvalue weighted by Gasteiger charge is -2.16. The molecular weight excluding hydrogens is 312 g/mol. The second kappa shape index (κ2) is 6.67. The van der Waals surface area contributed by atoms with E-state index in [4.69, 9.17) is 16.3 Å². The average molecular weight is 327 g/mol. The third kappa shape index (κ3) is 3.43. The summed E-state index contributed by atoms with van der Waals surface area (Å²) >= 11 is 6.04. The Bertz CT molecular complexity index is 846. The number of ether oxygens (including phenoxy) is 1. The molecule has 1 amide bonds. The van der Waals surface area contributed by atoms with E-state index in [-0.39, 0.29) is 5.91 Å². The lowest BCUT2D eigenvalue weighted by atomic mass is 10.2. The monoisotopic (exact) mass is 326 g/mol. The van der Waals surface area contributed by atoms with E-state index in [0.29, 0.717) is 16.5 Å². The van der Waals surface area contributed by atoms with E-state index in [2.05, 4.69) is 10.3 Å². The number of nitrogens with one attached hydrogen (secondary N) is 1. The van der Waals surface area contributed by atoms with E-state index in [9.17, 15) is 4.79 Å². The van der Waals surface area contributed by atoms with Crippen molar-refractivity contribution >= 4 is 34.1 Å². The number of aromatic nitrogens is 1. The quantitative estimate of drug-likeness (QED) is 0.778. The predicted octanol–water partition coefficient (Wildman–Crippen LogP) is 4.29. The number of carbonyl (C=O) groups is 1. The number of hydrogen-bond donors (Lipinski definition) is 1. The molecule has 0 saturated carbocycles. The van der Waals surface area contributed by atoms with Gasteiger partial charge in [0.1, 0.15) is 5.75 Å². The van der Waals surface area contributed by atoms with Gasteiger partial charge in [0.2, 0.25) is 0 Å². The zero-order valence-electron chi connectivity index (χ0n) is 12.5. The molecule has 0 spiro atoms. The van der Waals surface area contributed by atoms with E-state index >= 15 is 0 Å². The molecule has 4 nitrogen and oxygen atoms in total. The standard InChI is InChI=1S/C18H15ClN2O2/c1-12(23-16-10-3-2-8-14(16)19)18(22)21-15-9-4-6-13-7-5-11-20-17(13)15/h2-12H,1H3,(H,21,22)/t12-/m1/s1. The van der Waals surface area contributed by atoms with Crippen molar-refractivity contribution in [1.82, 2.24) is 4.98 Å². The minimum absolute atomic E-state index is 0.261. The van der Waals surface area contributed by atoms with Crippen LogP contribution in [0.4, 0.5) is 5.69 Å². The highest BCUT2D eigenvalue weighted by molar-refractivity contribution is 6.32. The number of para-hydroxylation sites is 2. The van der Waals surface area contributed by atoms with Crippen LogP contribution in [0.1, 0.15) is 6.92 Å².